The van der Waals surface area contributed by atoms with Crippen molar-refractivity contribution in [1.82, 2.24) is 0 Å². The van der Waals surface area contributed by atoms with Gasteiger partial charge in [-0.1, -0.05) is 61.9 Å². The highest BCUT2D eigenvalue weighted by atomic mass is 32.2. The van der Waals surface area contributed by atoms with Gasteiger partial charge in [-0.05, 0) is 73.4 Å². The van der Waals surface area contributed by atoms with E-state index in [-0.39, 0.29) is 34.9 Å². The van der Waals surface area contributed by atoms with Crippen molar-refractivity contribution in [2.45, 2.75) is 61.8 Å². The molecule has 0 spiro atoms. The molecule has 0 saturated carbocycles. The molecule has 0 heterocycles. The van der Waals surface area contributed by atoms with E-state index in [2.05, 4.69) is 5.32 Å². The standard InChI is InChI=1S/C35H32F6N2O6S/c1-4-32(5-2,31(47)23-8-6-7-22(17-23)20-44)42-27-18-24(11-15-29(27)45)33(34(36,37)38,35(39,40)41)25-12-16-30(46)28(19-25)43-50(48,49)26-13-9-21(3)10-14-26/h6-20,42-43,45-46H,4-5H2,1-3H3. The molecule has 8 nitrogen and oxygen atoms in total. The topological polar surface area (TPSA) is 133 Å². The van der Waals surface area contributed by atoms with Gasteiger partial charge in [-0.3, -0.25) is 14.3 Å². The number of sulfonamides is 1. The smallest absolute Gasteiger partial charge is 0.411 e. The van der Waals surface area contributed by atoms with E-state index in [1.807, 2.05) is 4.72 Å². The van der Waals surface area contributed by atoms with Crippen LogP contribution in [0.15, 0.2) is 89.8 Å². The maximum atomic E-state index is 15.2. The van der Waals surface area contributed by atoms with Crippen LogP contribution in [0.3, 0.4) is 0 Å². The number of benzene rings is 4. The summed E-state index contributed by atoms with van der Waals surface area (Å²) in [5.74, 6) is -2.37. The van der Waals surface area contributed by atoms with Crippen molar-refractivity contribution in [1.29, 1.82) is 0 Å². The number of hydrogen-bond acceptors (Lipinski definition) is 7. The molecule has 0 atom stereocenters. The molecule has 0 fully saturated rings. The van der Waals surface area contributed by atoms with Gasteiger partial charge in [0.05, 0.1) is 16.3 Å². The Morgan fingerprint density at radius 1 is 0.760 bits per heavy atom. The van der Waals surface area contributed by atoms with E-state index in [1.54, 1.807) is 20.8 Å². The summed E-state index contributed by atoms with van der Waals surface area (Å²) in [5.41, 5.74) is -10.2. The zero-order chi connectivity index (χ0) is 37.3. The highest BCUT2D eigenvalue weighted by molar-refractivity contribution is 7.92. The second-order valence-electron chi connectivity index (χ2n) is 11.6. The highest BCUT2D eigenvalue weighted by Gasteiger charge is 2.72. The average Bonchev–Trinajstić information content (AvgIpc) is 3.05. The lowest BCUT2D eigenvalue weighted by molar-refractivity contribution is -0.288. The number of aldehydes is 1. The molecule has 0 unspecified atom stereocenters. The number of ketones is 1. The van der Waals surface area contributed by atoms with Gasteiger partial charge in [0.2, 0.25) is 5.41 Å². The molecule has 0 amide bonds. The number of aryl methyl sites for hydroxylation is 1. The van der Waals surface area contributed by atoms with Gasteiger partial charge in [0.25, 0.3) is 10.0 Å². The summed E-state index contributed by atoms with van der Waals surface area (Å²) >= 11 is 0. The number of carbonyl (C=O) groups is 2. The number of phenols is 2. The minimum atomic E-state index is -6.14. The van der Waals surface area contributed by atoms with Crippen molar-refractivity contribution in [3.8, 4) is 11.5 Å². The number of halogens is 6. The predicted octanol–water partition coefficient (Wildman–Crippen LogP) is 8.28. The number of Topliss-reactive ketones (excluding diaryl/α,β-unsaturated/α-hetero) is 1. The summed E-state index contributed by atoms with van der Waals surface area (Å²) in [6, 6.07) is 13.3. The molecule has 4 aromatic rings. The molecule has 0 aromatic heterocycles. The van der Waals surface area contributed by atoms with E-state index in [4.69, 9.17) is 0 Å². The van der Waals surface area contributed by atoms with E-state index < -0.39 is 73.1 Å². The van der Waals surface area contributed by atoms with Crippen LogP contribution >= 0.6 is 0 Å². The molecule has 0 radical (unpaired) electrons. The van der Waals surface area contributed by atoms with Crippen LogP contribution in [-0.2, 0) is 15.4 Å². The first-order valence-electron chi connectivity index (χ1n) is 15.0. The fourth-order valence-electron chi connectivity index (χ4n) is 5.72. The number of anilines is 2. The SMILES string of the molecule is CCC(CC)(Nc1cc(C(c2ccc(O)c(NS(=O)(=O)c3ccc(C)cc3)c2)(C(F)(F)F)C(F)(F)F)ccc1O)C(=O)c1cccc(C=O)c1. The van der Waals surface area contributed by atoms with Crippen molar-refractivity contribution >= 4 is 33.5 Å². The van der Waals surface area contributed by atoms with Gasteiger partial charge >= 0.3 is 12.4 Å². The Labute approximate surface area is 283 Å². The molecule has 0 aliphatic heterocycles. The van der Waals surface area contributed by atoms with E-state index in [0.29, 0.717) is 42.2 Å². The van der Waals surface area contributed by atoms with Crippen molar-refractivity contribution in [2.24, 2.45) is 0 Å². The first kappa shape index (κ1) is 37.8. The first-order valence-corrected chi connectivity index (χ1v) is 16.5. The Morgan fingerprint density at radius 2 is 1.28 bits per heavy atom. The second kappa shape index (κ2) is 13.7. The Bertz CT molecular complexity index is 1990. The third-order valence-corrected chi connectivity index (χ3v) is 9.97. The van der Waals surface area contributed by atoms with Crippen LogP contribution < -0.4 is 10.0 Å². The molecule has 4 N–H and O–H groups in total. The van der Waals surface area contributed by atoms with Crippen molar-refractivity contribution in [3.63, 3.8) is 0 Å². The van der Waals surface area contributed by atoms with Gasteiger partial charge in [0, 0.05) is 11.1 Å². The van der Waals surface area contributed by atoms with Crippen LogP contribution in [0.25, 0.3) is 0 Å². The fourth-order valence-corrected chi connectivity index (χ4v) is 6.78. The normalized spacial score (nSPS) is 12.7. The lowest BCUT2D eigenvalue weighted by Crippen LogP contribution is -2.55. The number of nitrogens with one attached hydrogen (secondary N) is 2. The second-order valence-corrected chi connectivity index (χ2v) is 13.3. The fraction of sp³-hybridized carbons (Fsp3) is 0.257. The minimum absolute atomic E-state index is 0.0334. The number of aromatic hydroxyl groups is 2. The lowest BCUT2D eigenvalue weighted by Gasteiger charge is -2.39. The molecule has 4 rings (SSSR count). The van der Waals surface area contributed by atoms with Crippen LogP contribution in [0.4, 0.5) is 37.7 Å². The first-order chi connectivity index (χ1) is 23.3. The summed E-state index contributed by atoms with van der Waals surface area (Å²) in [7, 11) is -4.59. The van der Waals surface area contributed by atoms with Gasteiger partial charge in [-0.2, -0.15) is 26.3 Å². The van der Waals surface area contributed by atoms with Crippen molar-refractivity contribution in [2.75, 3.05) is 10.0 Å². The molecule has 266 valence electrons. The Kier molecular flexibility index (Phi) is 10.3. The molecule has 4 aromatic carbocycles. The van der Waals surface area contributed by atoms with Crippen LogP contribution in [0.2, 0.25) is 0 Å². The summed E-state index contributed by atoms with van der Waals surface area (Å²) < 4.78 is 119. The molecule has 50 heavy (non-hydrogen) atoms. The Hall–Kier alpha value is -5.05. The Morgan fingerprint density at radius 3 is 1.78 bits per heavy atom. The number of hydrogen-bond donors (Lipinski definition) is 4. The third kappa shape index (κ3) is 6.86. The summed E-state index contributed by atoms with van der Waals surface area (Å²) in [6.45, 7) is 4.75. The monoisotopic (exact) mass is 722 g/mol. The number of phenolic OH excluding ortho intramolecular Hbond substituents is 2. The zero-order valence-corrected chi connectivity index (χ0v) is 27.6. The van der Waals surface area contributed by atoms with Crippen LogP contribution in [-0.4, -0.2) is 48.6 Å². The van der Waals surface area contributed by atoms with Crippen LogP contribution in [0, 0.1) is 6.92 Å². The number of rotatable bonds is 12. The maximum absolute atomic E-state index is 15.2. The quantitative estimate of drug-likeness (QED) is 0.0501. The van der Waals surface area contributed by atoms with Crippen LogP contribution in [0.5, 0.6) is 11.5 Å². The molecule has 0 bridgehead atoms. The number of alkyl halides is 6. The van der Waals surface area contributed by atoms with Gasteiger partial charge in [-0.25, -0.2) is 8.42 Å². The summed E-state index contributed by atoms with van der Waals surface area (Å²) in [6.07, 6.45) is -11.9. The third-order valence-electron chi connectivity index (χ3n) is 8.59. The number of carbonyl (C=O) groups excluding carboxylic acids is 2. The summed E-state index contributed by atoms with van der Waals surface area (Å²) in [5, 5.41) is 23.8. The van der Waals surface area contributed by atoms with E-state index in [0.717, 1.165) is 12.1 Å². The van der Waals surface area contributed by atoms with Crippen molar-refractivity contribution < 1.29 is 54.6 Å². The predicted molar refractivity (Wildman–Crippen MR) is 174 cm³/mol. The molecule has 0 aliphatic rings. The maximum Gasteiger partial charge on any atom is 0.411 e. The van der Waals surface area contributed by atoms with E-state index in [1.165, 1.54) is 36.4 Å². The van der Waals surface area contributed by atoms with Gasteiger partial charge in [-0.15, -0.1) is 0 Å². The summed E-state index contributed by atoms with van der Waals surface area (Å²) in [4.78, 5) is 24.7. The van der Waals surface area contributed by atoms with Crippen molar-refractivity contribution in [3.05, 3.63) is 113 Å². The van der Waals surface area contributed by atoms with Gasteiger partial charge in [0.15, 0.2) is 5.78 Å². The van der Waals surface area contributed by atoms with Gasteiger partial charge < -0.3 is 15.5 Å². The molecular formula is C35H32F6N2O6S. The van der Waals surface area contributed by atoms with Gasteiger partial charge in [0.1, 0.15) is 23.3 Å². The average molecular weight is 723 g/mol. The Balaban J connectivity index is 1.91. The van der Waals surface area contributed by atoms with E-state index >= 15 is 26.3 Å². The minimum Gasteiger partial charge on any atom is -0.506 e. The highest BCUT2D eigenvalue weighted by Crippen LogP contribution is 2.57. The molecule has 0 saturated heterocycles. The zero-order valence-electron chi connectivity index (χ0n) is 26.8. The lowest BCUT2D eigenvalue weighted by atomic mass is 9.72. The molecule has 15 heteroatoms. The van der Waals surface area contributed by atoms with E-state index in [9.17, 15) is 28.2 Å². The molecular weight excluding hydrogens is 690 g/mol. The largest absolute Gasteiger partial charge is 0.506 e. The molecule has 0 aliphatic carbocycles. The van der Waals surface area contributed by atoms with Crippen LogP contribution in [0.1, 0.15) is 64.1 Å².